The van der Waals surface area contributed by atoms with Crippen LogP contribution >= 0.6 is 0 Å². The second kappa shape index (κ2) is 5.61. The molecule has 7 nitrogen and oxygen atoms in total. The van der Waals surface area contributed by atoms with E-state index in [9.17, 15) is 21.6 Å². The highest BCUT2D eigenvalue weighted by atomic mass is 32.2. The molecule has 0 saturated carbocycles. The average molecular weight is 325 g/mol. The Kier molecular flexibility index (Phi) is 4.41. The molecule has 9 heteroatoms. The van der Waals surface area contributed by atoms with Crippen LogP contribution in [-0.4, -0.2) is 61.6 Å². The summed E-state index contributed by atoms with van der Waals surface area (Å²) in [4.78, 5) is 10.8. The van der Waals surface area contributed by atoms with Crippen LogP contribution in [0.3, 0.4) is 0 Å². The van der Waals surface area contributed by atoms with E-state index in [-0.39, 0.29) is 30.8 Å². The first-order valence-corrected chi connectivity index (χ1v) is 9.98. The van der Waals surface area contributed by atoms with Gasteiger partial charge in [0.25, 0.3) is 0 Å². The van der Waals surface area contributed by atoms with E-state index in [4.69, 9.17) is 5.11 Å². The maximum Gasteiger partial charge on any atom is 0.304 e. The molecule has 0 spiro atoms. The van der Waals surface area contributed by atoms with Gasteiger partial charge in [-0.25, -0.2) is 16.8 Å². The van der Waals surface area contributed by atoms with Crippen LogP contribution in [0, 0.1) is 0 Å². The summed E-state index contributed by atoms with van der Waals surface area (Å²) in [6.07, 6.45) is 1.24. The number of hydrogen-bond donors (Lipinski definition) is 1. The van der Waals surface area contributed by atoms with Crippen LogP contribution in [0.5, 0.6) is 0 Å². The molecule has 0 aliphatic carbocycles. The van der Waals surface area contributed by atoms with Crippen molar-refractivity contribution in [3.05, 3.63) is 0 Å². The van der Waals surface area contributed by atoms with Crippen molar-refractivity contribution in [1.82, 2.24) is 4.31 Å². The van der Waals surface area contributed by atoms with Crippen molar-refractivity contribution in [3.8, 4) is 0 Å². The normalized spacial score (nSPS) is 28.5. The molecule has 1 N–H and O–H groups in total. The first-order chi connectivity index (χ1) is 9.22. The maximum absolute atomic E-state index is 12.5. The molecule has 0 amide bonds. The zero-order valence-electron chi connectivity index (χ0n) is 11.1. The molecule has 2 rings (SSSR count). The molecule has 2 aliphatic heterocycles. The number of hydrogen-bond acceptors (Lipinski definition) is 5. The second-order valence-electron chi connectivity index (χ2n) is 5.40. The van der Waals surface area contributed by atoms with Crippen molar-refractivity contribution in [2.75, 3.05) is 18.1 Å². The lowest BCUT2D eigenvalue weighted by molar-refractivity contribution is -0.137. The van der Waals surface area contributed by atoms with E-state index in [0.29, 0.717) is 19.4 Å². The summed E-state index contributed by atoms with van der Waals surface area (Å²) in [6, 6.07) is -0.490. The summed E-state index contributed by atoms with van der Waals surface area (Å²) in [5, 5.41) is 8.14. The smallest absolute Gasteiger partial charge is 0.304 e. The van der Waals surface area contributed by atoms with E-state index in [1.807, 2.05) is 0 Å². The van der Waals surface area contributed by atoms with Crippen molar-refractivity contribution in [2.24, 2.45) is 0 Å². The topological polar surface area (TPSA) is 109 Å². The highest BCUT2D eigenvalue weighted by Gasteiger charge is 2.41. The third-order valence-electron chi connectivity index (χ3n) is 3.98. The number of sulfone groups is 1. The van der Waals surface area contributed by atoms with Gasteiger partial charge in [-0.15, -0.1) is 0 Å². The summed E-state index contributed by atoms with van der Waals surface area (Å²) < 4.78 is 49.1. The lowest BCUT2D eigenvalue weighted by Crippen LogP contribution is -2.45. The monoisotopic (exact) mass is 325 g/mol. The van der Waals surface area contributed by atoms with Crippen LogP contribution in [0.15, 0.2) is 0 Å². The summed E-state index contributed by atoms with van der Waals surface area (Å²) in [6.45, 7) is 0.337. The van der Waals surface area contributed by atoms with Crippen molar-refractivity contribution in [2.45, 2.75) is 43.4 Å². The molecule has 0 bridgehead atoms. The van der Waals surface area contributed by atoms with Crippen molar-refractivity contribution in [3.63, 3.8) is 0 Å². The molecule has 1 unspecified atom stereocenters. The highest BCUT2D eigenvalue weighted by molar-refractivity contribution is 7.92. The summed E-state index contributed by atoms with van der Waals surface area (Å²) in [7, 11) is -6.71. The van der Waals surface area contributed by atoms with Crippen LogP contribution < -0.4 is 0 Å². The van der Waals surface area contributed by atoms with E-state index < -0.39 is 37.1 Å². The Morgan fingerprint density at radius 3 is 2.35 bits per heavy atom. The molecule has 0 aromatic heterocycles. The van der Waals surface area contributed by atoms with Crippen molar-refractivity contribution in [1.29, 1.82) is 0 Å². The van der Waals surface area contributed by atoms with Gasteiger partial charge in [0.2, 0.25) is 10.0 Å². The number of carbonyl (C=O) groups is 1. The fraction of sp³-hybridized carbons (Fsp3) is 0.909. The molecule has 2 heterocycles. The summed E-state index contributed by atoms with van der Waals surface area (Å²) in [5.74, 6) is -1.22. The molecule has 0 aromatic carbocycles. The lowest BCUT2D eigenvalue weighted by atomic mass is 10.2. The number of aliphatic carboxylic acids is 1. The Balaban J connectivity index is 2.12. The van der Waals surface area contributed by atoms with Crippen LogP contribution in [0.4, 0.5) is 0 Å². The maximum atomic E-state index is 12.5. The standard InChI is InChI=1S/C11H19NO6S2/c13-11(14)8-9-2-1-5-12(9)20(17,18)10-3-6-19(15,16)7-4-10/h9-10H,1-8H2,(H,13,14). The zero-order chi connectivity index (χ0) is 15.0. The highest BCUT2D eigenvalue weighted by Crippen LogP contribution is 2.29. The van der Waals surface area contributed by atoms with Gasteiger partial charge in [0, 0.05) is 12.6 Å². The largest absolute Gasteiger partial charge is 0.481 e. The molecular formula is C11H19NO6S2. The van der Waals surface area contributed by atoms with Crippen LogP contribution in [0.2, 0.25) is 0 Å². The quantitative estimate of drug-likeness (QED) is 0.769. The van der Waals surface area contributed by atoms with Gasteiger partial charge < -0.3 is 5.11 Å². The Morgan fingerprint density at radius 1 is 1.20 bits per heavy atom. The Hall–Kier alpha value is -0.670. The van der Waals surface area contributed by atoms with Crippen LogP contribution in [0.1, 0.15) is 32.1 Å². The molecule has 116 valence electrons. The molecular weight excluding hydrogens is 306 g/mol. The molecule has 0 aromatic rings. The summed E-state index contributed by atoms with van der Waals surface area (Å²) in [5.41, 5.74) is 0. The minimum absolute atomic E-state index is 0.103. The average Bonchev–Trinajstić information content (AvgIpc) is 2.76. The van der Waals surface area contributed by atoms with E-state index in [1.54, 1.807) is 0 Å². The molecule has 1 atom stereocenters. The number of sulfonamides is 1. The van der Waals surface area contributed by atoms with E-state index in [1.165, 1.54) is 4.31 Å². The predicted octanol–water partition coefficient (Wildman–Crippen LogP) is -0.167. The van der Waals surface area contributed by atoms with Gasteiger partial charge in [0.1, 0.15) is 9.84 Å². The van der Waals surface area contributed by atoms with Crippen LogP contribution in [0.25, 0.3) is 0 Å². The number of rotatable bonds is 4. The Labute approximate surface area is 118 Å². The van der Waals surface area contributed by atoms with Gasteiger partial charge in [0.05, 0.1) is 23.2 Å². The Morgan fingerprint density at radius 2 is 1.80 bits per heavy atom. The summed E-state index contributed by atoms with van der Waals surface area (Å²) >= 11 is 0. The Bertz CT molecular complexity index is 568. The minimum Gasteiger partial charge on any atom is -0.481 e. The molecule has 2 fully saturated rings. The van der Waals surface area contributed by atoms with E-state index in [0.717, 1.165) is 0 Å². The van der Waals surface area contributed by atoms with Gasteiger partial charge in [-0.2, -0.15) is 4.31 Å². The first-order valence-electron chi connectivity index (χ1n) is 6.65. The van der Waals surface area contributed by atoms with Crippen LogP contribution in [-0.2, 0) is 24.7 Å². The zero-order valence-corrected chi connectivity index (χ0v) is 12.7. The fourth-order valence-electron chi connectivity index (χ4n) is 2.91. The third kappa shape index (κ3) is 3.32. The second-order valence-corrected chi connectivity index (χ2v) is 9.87. The minimum atomic E-state index is -3.60. The molecule has 20 heavy (non-hydrogen) atoms. The van der Waals surface area contributed by atoms with Gasteiger partial charge in [-0.3, -0.25) is 4.79 Å². The number of carboxylic acid groups (broad SMARTS) is 1. The first kappa shape index (κ1) is 15.7. The van der Waals surface area contributed by atoms with Crippen molar-refractivity contribution >= 4 is 25.8 Å². The third-order valence-corrected chi connectivity index (χ3v) is 8.15. The molecule has 2 aliphatic rings. The number of nitrogens with zero attached hydrogens (tertiary/aromatic N) is 1. The van der Waals surface area contributed by atoms with E-state index in [2.05, 4.69) is 0 Å². The fourth-order valence-corrected chi connectivity index (χ4v) is 6.89. The molecule has 2 saturated heterocycles. The molecule has 0 radical (unpaired) electrons. The lowest BCUT2D eigenvalue weighted by Gasteiger charge is -2.30. The van der Waals surface area contributed by atoms with Gasteiger partial charge in [0.15, 0.2) is 0 Å². The van der Waals surface area contributed by atoms with Crippen molar-refractivity contribution < 1.29 is 26.7 Å². The van der Waals surface area contributed by atoms with Gasteiger partial charge in [-0.1, -0.05) is 0 Å². The SMILES string of the molecule is O=C(O)CC1CCCN1S(=O)(=O)C1CCS(=O)(=O)CC1. The predicted molar refractivity (Wildman–Crippen MR) is 72.6 cm³/mol. The van der Waals surface area contributed by atoms with Gasteiger partial charge in [-0.05, 0) is 25.7 Å². The number of carboxylic acids is 1. The van der Waals surface area contributed by atoms with Gasteiger partial charge >= 0.3 is 5.97 Å². The van der Waals surface area contributed by atoms with E-state index >= 15 is 0 Å².